The van der Waals surface area contributed by atoms with Crippen molar-refractivity contribution in [3.8, 4) is 5.69 Å². The maximum atomic E-state index is 5.97. The number of nitrogens with two attached hydrogens (primary N) is 1. The first-order valence-corrected chi connectivity index (χ1v) is 5.46. The fourth-order valence-corrected chi connectivity index (χ4v) is 1.81. The average Bonchev–Trinajstić information content (AvgIpc) is 2.46. The van der Waals surface area contributed by atoms with Crippen LogP contribution in [0, 0.1) is 13.8 Å². The van der Waals surface area contributed by atoms with Crippen LogP contribution in [0.4, 0.5) is 5.82 Å². The van der Waals surface area contributed by atoms with E-state index in [0.29, 0.717) is 5.82 Å². The van der Waals surface area contributed by atoms with Crippen LogP contribution in [0.1, 0.15) is 11.3 Å². The van der Waals surface area contributed by atoms with Crippen LogP contribution < -0.4 is 5.73 Å². The maximum absolute atomic E-state index is 5.97. The molecule has 0 saturated carbocycles. The van der Waals surface area contributed by atoms with E-state index in [1.807, 2.05) is 38.1 Å². The third-order valence-electron chi connectivity index (χ3n) is 2.46. The van der Waals surface area contributed by atoms with Crippen molar-refractivity contribution in [2.75, 3.05) is 5.73 Å². The second-order valence-electron chi connectivity index (χ2n) is 3.49. The third-order valence-corrected chi connectivity index (χ3v) is 2.95. The van der Waals surface area contributed by atoms with Crippen molar-refractivity contribution in [2.45, 2.75) is 13.8 Å². The number of aryl methyl sites for hydroxylation is 1. The second kappa shape index (κ2) is 3.70. The Morgan fingerprint density at radius 3 is 2.60 bits per heavy atom. The first-order valence-electron chi connectivity index (χ1n) is 4.67. The molecule has 0 aliphatic heterocycles. The molecule has 1 aromatic heterocycles. The Balaban J connectivity index is 2.59. The van der Waals surface area contributed by atoms with Crippen molar-refractivity contribution in [1.29, 1.82) is 0 Å². The number of hydrogen-bond donors (Lipinski definition) is 1. The van der Waals surface area contributed by atoms with Gasteiger partial charge in [0, 0.05) is 10.0 Å². The van der Waals surface area contributed by atoms with Gasteiger partial charge < -0.3 is 5.73 Å². The quantitative estimate of drug-likeness (QED) is 0.862. The predicted molar refractivity (Wildman–Crippen MR) is 65.2 cm³/mol. The van der Waals surface area contributed by atoms with Crippen LogP contribution >= 0.6 is 15.9 Å². The number of benzene rings is 1. The van der Waals surface area contributed by atoms with Gasteiger partial charge in [-0.2, -0.15) is 5.10 Å². The summed E-state index contributed by atoms with van der Waals surface area (Å²) in [6, 6.07) is 7.91. The van der Waals surface area contributed by atoms with Crippen molar-refractivity contribution in [1.82, 2.24) is 9.78 Å². The summed E-state index contributed by atoms with van der Waals surface area (Å²) in [6.07, 6.45) is 0. The summed E-state index contributed by atoms with van der Waals surface area (Å²) < 4.78 is 2.78. The van der Waals surface area contributed by atoms with Gasteiger partial charge in [0.15, 0.2) is 0 Å². The number of rotatable bonds is 1. The van der Waals surface area contributed by atoms with E-state index in [4.69, 9.17) is 5.73 Å². The summed E-state index contributed by atoms with van der Waals surface area (Å²) in [5, 5.41) is 4.39. The molecule has 0 atom stereocenters. The minimum Gasteiger partial charge on any atom is -0.383 e. The lowest BCUT2D eigenvalue weighted by molar-refractivity contribution is 0.871. The smallest absolute Gasteiger partial charge is 0.130 e. The highest BCUT2D eigenvalue weighted by Gasteiger charge is 2.09. The molecule has 0 amide bonds. The van der Waals surface area contributed by atoms with Crippen LogP contribution in [-0.4, -0.2) is 9.78 Å². The number of halogens is 1. The Morgan fingerprint density at radius 2 is 2.07 bits per heavy atom. The number of anilines is 1. The highest BCUT2D eigenvalue weighted by molar-refractivity contribution is 9.10. The summed E-state index contributed by atoms with van der Waals surface area (Å²) in [7, 11) is 0. The van der Waals surface area contributed by atoms with Gasteiger partial charge in [0.05, 0.1) is 11.4 Å². The largest absolute Gasteiger partial charge is 0.383 e. The first-order chi connectivity index (χ1) is 7.09. The standard InChI is InChI=1S/C11H12BrN3/c1-7-8(2)14-15(11(7)13)10-5-3-4-9(12)6-10/h3-6H,13H2,1-2H3. The lowest BCUT2D eigenvalue weighted by atomic mass is 10.3. The van der Waals surface area contributed by atoms with Crippen molar-refractivity contribution in [2.24, 2.45) is 0 Å². The molecule has 0 bridgehead atoms. The maximum Gasteiger partial charge on any atom is 0.130 e. The summed E-state index contributed by atoms with van der Waals surface area (Å²) in [6.45, 7) is 3.94. The molecular formula is C11H12BrN3. The minimum atomic E-state index is 0.700. The molecule has 2 N–H and O–H groups in total. The molecule has 0 aliphatic carbocycles. The number of hydrogen-bond acceptors (Lipinski definition) is 2. The Kier molecular flexibility index (Phi) is 2.52. The van der Waals surface area contributed by atoms with Crippen LogP contribution in [0.5, 0.6) is 0 Å². The molecule has 0 aliphatic rings. The van der Waals surface area contributed by atoms with Gasteiger partial charge in [0.2, 0.25) is 0 Å². The minimum absolute atomic E-state index is 0.700. The number of aromatic nitrogens is 2. The molecule has 2 aromatic rings. The van der Waals surface area contributed by atoms with E-state index in [9.17, 15) is 0 Å². The van der Waals surface area contributed by atoms with E-state index in [1.165, 1.54) is 0 Å². The predicted octanol–water partition coefficient (Wildman–Crippen LogP) is 2.83. The molecule has 78 valence electrons. The van der Waals surface area contributed by atoms with Crippen molar-refractivity contribution in [3.05, 3.63) is 40.0 Å². The second-order valence-corrected chi connectivity index (χ2v) is 4.40. The summed E-state index contributed by atoms with van der Waals surface area (Å²) >= 11 is 3.43. The number of nitrogen functional groups attached to an aromatic ring is 1. The average molecular weight is 266 g/mol. The Morgan fingerprint density at radius 1 is 1.33 bits per heavy atom. The molecule has 15 heavy (non-hydrogen) atoms. The molecule has 2 rings (SSSR count). The lowest BCUT2D eigenvalue weighted by Crippen LogP contribution is -2.02. The Labute approximate surface area is 97.0 Å². The molecule has 1 aromatic carbocycles. The zero-order valence-corrected chi connectivity index (χ0v) is 10.2. The SMILES string of the molecule is Cc1nn(-c2cccc(Br)c2)c(N)c1C. The molecule has 4 heteroatoms. The van der Waals surface area contributed by atoms with Crippen molar-refractivity contribution in [3.63, 3.8) is 0 Å². The molecule has 0 unspecified atom stereocenters. The normalized spacial score (nSPS) is 10.6. The zero-order valence-electron chi connectivity index (χ0n) is 8.66. The molecule has 0 saturated heterocycles. The zero-order chi connectivity index (χ0) is 11.0. The molecular weight excluding hydrogens is 254 g/mol. The van der Waals surface area contributed by atoms with Crippen LogP contribution in [0.15, 0.2) is 28.7 Å². The monoisotopic (exact) mass is 265 g/mol. The van der Waals surface area contributed by atoms with Crippen molar-refractivity contribution >= 4 is 21.7 Å². The van der Waals surface area contributed by atoms with Gasteiger partial charge in [0.1, 0.15) is 5.82 Å². The van der Waals surface area contributed by atoms with Gasteiger partial charge in [-0.05, 0) is 32.0 Å². The highest BCUT2D eigenvalue weighted by Crippen LogP contribution is 2.21. The summed E-state index contributed by atoms with van der Waals surface area (Å²) in [4.78, 5) is 0. The fourth-order valence-electron chi connectivity index (χ4n) is 1.43. The van der Waals surface area contributed by atoms with Gasteiger partial charge in [-0.25, -0.2) is 4.68 Å². The van der Waals surface area contributed by atoms with Crippen molar-refractivity contribution < 1.29 is 0 Å². The van der Waals surface area contributed by atoms with Crippen LogP contribution in [0.3, 0.4) is 0 Å². The Hall–Kier alpha value is -1.29. The van der Waals surface area contributed by atoms with Crippen LogP contribution in [0.25, 0.3) is 5.69 Å². The summed E-state index contributed by atoms with van der Waals surface area (Å²) in [5.74, 6) is 0.700. The Bertz CT molecular complexity index is 503. The highest BCUT2D eigenvalue weighted by atomic mass is 79.9. The molecule has 3 nitrogen and oxygen atoms in total. The molecule has 1 heterocycles. The molecule has 0 fully saturated rings. The van der Waals surface area contributed by atoms with E-state index in [-0.39, 0.29) is 0 Å². The van der Waals surface area contributed by atoms with E-state index in [2.05, 4.69) is 21.0 Å². The van der Waals surface area contributed by atoms with Gasteiger partial charge in [-0.3, -0.25) is 0 Å². The first kappa shape index (κ1) is 10.2. The van der Waals surface area contributed by atoms with E-state index in [1.54, 1.807) is 4.68 Å². The van der Waals surface area contributed by atoms with Crippen LogP contribution in [0.2, 0.25) is 0 Å². The van der Waals surface area contributed by atoms with E-state index < -0.39 is 0 Å². The van der Waals surface area contributed by atoms with Gasteiger partial charge in [0.25, 0.3) is 0 Å². The molecule has 0 spiro atoms. The topological polar surface area (TPSA) is 43.8 Å². The summed E-state index contributed by atoms with van der Waals surface area (Å²) in [5.41, 5.74) is 8.94. The fraction of sp³-hybridized carbons (Fsp3) is 0.182. The third kappa shape index (κ3) is 1.77. The van der Waals surface area contributed by atoms with Crippen LogP contribution in [-0.2, 0) is 0 Å². The van der Waals surface area contributed by atoms with Gasteiger partial charge in [-0.1, -0.05) is 22.0 Å². The van der Waals surface area contributed by atoms with Gasteiger partial charge >= 0.3 is 0 Å². The lowest BCUT2D eigenvalue weighted by Gasteiger charge is -2.04. The van der Waals surface area contributed by atoms with E-state index >= 15 is 0 Å². The molecule has 0 radical (unpaired) electrons. The number of nitrogens with zero attached hydrogens (tertiary/aromatic N) is 2. The van der Waals surface area contributed by atoms with Gasteiger partial charge in [-0.15, -0.1) is 0 Å². The van der Waals surface area contributed by atoms with E-state index in [0.717, 1.165) is 21.4 Å².